The van der Waals surface area contributed by atoms with Gasteiger partial charge in [-0.25, -0.2) is 4.79 Å². The van der Waals surface area contributed by atoms with E-state index in [1.165, 1.54) is 0 Å². The van der Waals surface area contributed by atoms with E-state index in [1.807, 2.05) is 38.2 Å². The topological polar surface area (TPSA) is 66.6 Å². The number of rotatable bonds is 6. The molecule has 0 atom stereocenters. The molecule has 0 saturated heterocycles. The third kappa shape index (κ3) is 4.00. The molecule has 2 amide bonds. The summed E-state index contributed by atoms with van der Waals surface area (Å²) in [4.78, 5) is 18.0. The molecule has 0 fully saturated rings. The molecule has 0 unspecified atom stereocenters. The van der Waals surface area contributed by atoms with Crippen LogP contribution in [0.1, 0.15) is 19.4 Å². The first kappa shape index (κ1) is 18.6. The molecular formula is C21H25N3O3. The minimum Gasteiger partial charge on any atom is -0.497 e. The molecule has 142 valence electrons. The van der Waals surface area contributed by atoms with Crippen molar-refractivity contribution in [2.75, 3.05) is 19.5 Å². The van der Waals surface area contributed by atoms with Crippen LogP contribution < -0.4 is 14.8 Å². The largest absolute Gasteiger partial charge is 0.497 e. The number of urea groups is 1. The summed E-state index contributed by atoms with van der Waals surface area (Å²) >= 11 is 0. The lowest BCUT2D eigenvalue weighted by Crippen LogP contribution is -2.39. The molecule has 3 rings (SSSR count). The maximum atomic E-state index is 13.0. The van der Waals surface area contributed by atoms with Crippen molar-refractivity contribution in [3.63, 3.8) is 0 Å². The third-order valence-corrected chi connectivity index (χ3v) is 4.55. The summed E-state index contributed by atoms with van der Waals surface area (Å²) in [5.74, 6) is 1.22. The standard InChI is InChI=1S/C21H25N3O3/c1-14(2)24(13-15-12-22-18-8-6-5-7-17(15)18)21(25)23-19-10-9-16(26-3)11-20(19)27-4/h5-12,14,22H,13H2,1-4H3,(H,23,25). The summed E-state index contributed by atoms with van der Waals surface area (Å²) in [6.07, 6.45) is 1.96. The van der Waals surface area contributed by atoms with Crippen LogP contribution >= 0.6 is 0 Å². The van der Waals surface area contributed by atoms with E-state index in [4.69, 9.17) is 9.47 Å². The molecule has 0 saturated carbocycles. The van der Waals surface area contributed by atoms with Gasteiger partial charge in [-0.3, -0.25) is 0 Å². The Morgan fingerprint density at radius 3 is 2.63 bits per heavy atom. The molecule has 0 aliphatic heterocycles. The highest BCUT2D eigenvalue weighted by Crippen LogP contribution is 2.29. The van der Waals surface area contributed by atoms with Gasteiger partial charge in [0.15, 0.2) is 0 Å². The fourth-order valence-corrected chi connectivity index (χ4v) is 3.02. The Balaban J connectivity index is 1.82. The molecular weight excluding hydrogens is 342 g/mol. The molecule has 0 bridgehead atoms. The third-order valence-electron chi connectivity index (χ3n) is 4.55. The van der Waals surface area contributed by atoms with E-state index >= 15 is 0 Å². The Morgan fingerprint density at radius 1 is 1.15 bits per heavy atom. The van der Waals surface area contributed by atoms with Gasteiger partial charge in [-0.1, -0.05) is 18.2 Å². The number of carbonyl (C=O) groups excluding carboxylic acids is 1. The number of ether oxygens (including phenoxy) is 2. The molecule has 1 heterocycles. The van der Waals surface area contributed by atoms with E-state index in [1.54, 1.807) is 37.3 Å². The lowest BCUT2D eigenvalue weighted by atomic mass is 10.1. The maximum Gasteiger partial charge on any atom is 0.322 e. The summed E-state index contributed by atoms with van der Waals surface area (Å²) in [5, 5.41) is 4.07. The van der Waals surface area contributed by atoms with Gasteiger partial charge in [0.2, 0.25) is 0 Å². The first-order chi connectivity index (χ1) is 13.0. The number of nitrogens with one attached hydrogen (secondary N) is 2. The summed E-state index contributed by atoms with van der Waals surface area (Å²) < 4.78 is 10.6. The predicted octanol–water partition coefficient (Wildman–Crippen LogP) is 4.63. The van der Waals surface area contributed by atoms with Crippen LogP contribution in [0.2, 0.25) is 0 Å². The van der Waals surface area contributed by atoms with Gasteiger partial charge in [-0.15, -0.1) is 0 Å². The van der Waals surface area contributed by atoms with E-state index in [0.717, 1.165) is 16.5 Å². The van der Waals surface area contributed by atoms with Gasteiger partial charge in [0.25, 0.3) is 0 Å². The van der Waals surface area contributed by atoms with Crippen LogP contribution in [0, 0.1) is 0 Å². The Kier molecular flexibility index (Phi) is 5.54. The number of hydrogen-bond acceptors (Lipinski definition) is 3. The number of aromatic nitrogens is 1. The highest BCUT2D eigenvalue weighted by Gasteiger charge is 2.20. The van der Waals surface area contributed by atoms with Crippen molar-refractivity contribution in [2.24, 2.45) is 0 Å². The second kappa shape index (κ2) is 8.03. The molecule has 3 aromatic rings. The van der Waals surface area contributed by atoms with Crippen molar-refractivity contribution in [1.82, 2.24) is 9.88 Å². The van der Waals surface area contributed by atoms with Crippen molar-refractivity contribution in [3.05, 3.63) is 54.2 Å². The van der Waals surface area contributed by atoms with Gasteiger partial charge in [0.1, 0.15) is 11.5 Å². The van der Waals surface area contributed by atoms with Crippen molar-refractivity contribution in [1.29, 1.82) is 0 Å². The summed E-state index contributed by atoms with van der Waals surface area (Å²) in [7, 11) is 3.16. The highest BCUT2D eigenvalue weighted by molar-refractivity contribution is 5.92. The zero-order valence-corrected chi connectivity index (χ0v) is 16.1. The monoisotopic (exact) mass is 367 g/mol. The van der Waals surface area contributed by atoms with Gasteiger partial charge < -0.3 is 24.7 Å². The Hall–Kier alpha value is -3.15. The number of aromatic amines is 1. The van der Waals surface area contributed by atoms with Gasteiger partial charge in [-0.2, -0.15) is 0 Å². The van der Waals surface area contributed by atoms with Crippen LogP contribution in [0.3, 0.4) is 0 Å². The molecule has 1 aromatic heterocycles. The quantitative estimate of drug-likeness (QED) is 0.668. The molecule has 6 heteroatoms. The molecule has 0 radical (unpaired) electrons. The van der Waals surface area contributed by atoms with Crippen LogP contribution in [0.5, 0.6) is 11.5 Å². The van der Waals surface area contributed by atoms with Gasteiger partial charge in [-0.05, 0) is 37.6 Å². The number of nitrogens with zero attached hydrogens (tertiary/aromatic N) is 1. The SMILES string of the molecule is COc1ccc(NC(=O)N(Cc2c[nH]c3ccccc23)C(C)C)c(OC)c1. The minimum absolute atomic E-state index is 0.0305. The molecule has 0 spiro atoms. The van der Waals surface area contributed by atoms with E-state index in [-0.39, 0.29) is 12.1 Å². The average molecular weight is 367 g/mol. The number of amides is 2. The number of benzene rings is 2. The fraction of sp³-hybridized carbons (Fsp3) is 0.286. The minimum atomic E-state index is -0.182. The lowest BCUT2D eigenvalue weighted by Gasteiger charge is -2.27. The van der Waals surface area contributed by atoms with Crippen LogP contribution in [0.15, 0.2) is 48.7 Å². The number of anilines is 1. The van der Waals surface area contributed by atoms with Crippen LogP contribution in [-0.4, -0.2) is 36.2 Å². The number of hydrogen-bond donors (Lipinski definition) is 2. The van der Waals surface area contributed by atoms with Gasteiger partial charge >= 0.3 is 6.03 Å². The second-order valence-electron chi connectivity index (χ2n) is 6.58. The molecule has 2 aromatic carbocycles. The smallest absolute Gasteiger partial charge is 0.322 e. The Morgan fingerprint density at radius 2 is 1.93 bits per heavy atom. The van der Waals surface area contributed by atoms with Crippen LogP contribution in [0.25, 0.3) is 10.9 Å². The molecule has 27 heavy (non-hydrogen) atoms. The van der Waals surface area contributed by atoms with E-state index < -0.39 is 0 Å². The number of para-hydroxylation sites is 1. The van der Waals surface area contributed by atoms with E-state index in [9.17, 15) is 4.79 Å². The van der Waals surface area contributed by atoms with Crippen molar-refractivity contribution >= 4 is 22.6 Å². The number of fused-ring (bicyclic) bond motifs is 1. The fourth-order valence-electron chi connectivity index (χ4n) is 3.02. The normalized spacial score (nSPS) is 10.9. The zero-order valence-electron chi connectivity index (χ0n) is 16.1. The van der Waals surface area contributed by atoms with E-state index in [0.29, 0.717) is 23.7 Å². The molecule has 0 aliphatic carbocycles. The van der Waals surface area contributed by atoms with Crippen molar-refractivity contribution in [2.45, 2.75) is 26.4 Å². The summed E-state index contributed by atoms with van der Waals surface area (Å²) in [6.45, 7) is 4.51. The van der Waals surface area contributed by atoms with Crippen LogP contribution in [-0.2, 0) is 6.54 Å². The Labute approximate surface area is 159 Å². The number of carbonyl (C=O) groups is 1. The average Bonchev–Trinajstić information content (AvgIpc) is 3.09. The van der Waals surface area contributed by atoms with Crippen LogP contribution in [0.4, 0.5) is 10.5 Å². The molecule has 6 nitrogen and oxygen atoms in total. The number of H-pyrrole nitrogens is 1. The lowest BCUT2D eigenvalue weighted by molar-refractivity contribution is 0.194. The van der Waals surface area contributed by atoms with Gasteiger partial charge in [0, 0.05) is 35.8 Å². The number of methoxy groups -OCH3 is 2. The molecule has 2 N–H and O–H groups in total. The first-order valence-electron chi connectivity index (χ1n) is 8.88. The second-order valence-corrected chi connectivity index (χ2v) is 6.58. The van der Waals surface area contributed by atoms with Gasteiger partial charge in [0.05, 0.1) is 19.9 Å². The van der Waals surface area contributed by atoms with E-state index in [2.05, 4.69) is 16.4 Å². The summed E-state index contributed by atoms with van der Waals surface area (Å²) in [6, 6.07) is 13.2. The first-order valence-corrected chi connectivity index (χ1v) is 8.88. The highest BCUT2D eigenvalue weighted by atomic mass is 16.5. The maximum absolute atomic E-state index is 13.0. The zero-order chi connectivity index (χ0) is 19.4. The predicted molar refractivity (Wildman–Crippen MR) is 108 cm³/mol. The van der Waals surface area contributed by atoms with Crippen molar-refractivity contribution < 1.29 is 14.3 Å². The summed E-state index contributed by atoms with van der Waals surface area (Å²) in [5.41, 5.74) is 2.75. The Bertz CT molecular complexity index is 933. The molecule has 0 aliphatic rings. The van der Waals surface area contributed by atoms with Crippen molar-refractivity contribution in [3.8, 4) is 11.5 Å².